The normalized spacial score (nSPS) is 13.1. The van der Waals surface area contributed by atoms with Gasteiger partial charge in [0.05, 0.1) is 23.5 Å². The topological polar surface area (TPSA) is 56.1 Å². The van der Waals surface area contributed by atoms with Gasteiger partial charge in [-0.2, -0.15) is 5.10 Å². The van der Waals surface area contributed by atoms with Gasteiger partial charge >= 0.3 is 0 Å². The van der Waals surface area contributed by atoms with Gasteiger partial charge in [0.2, 0.25) is 0 Å². The molecule has 0 aliphatic heterocycles. The molecule has 0 atom stereocenters. The standard InChI is InChI=1S/C21H20ClN3O2/c1-27-19-13-7-4-10-16(19)23-21(26)20-14-8-2-5-11-17(14)25(24-20)18-12-6-3-9-15(18)22/h3-4,6-7,9-10,12-13H,2,5,8,11H2,1H3,(H,23,26). The van der Waals surface area contributed by atoms with Crippen LogP contribution in [0.5, 0.6) is 5.75 Å². The average Bonchev–Trinajstić information content (AvgIpc) is 3.08. The molecule has 1 aliphatic carbocycles. The number of carbonyl (C=O) groups excluding carboxylic acids is 1. The molecule has 0 radical (unpaired) electrons. The van der Waals surface area contributed by atoms with Gasteiger partial charge < -0.3 is 10.1 Å². The summed E-state index contributed by atoms with van der Waals surface area (Å²) in [5.41, 5.74) is 3.96. The third kappa shape index (κ3) is 3.30. The van der Waals surface area contributed by atoms with Crippen LogP contribution in [0.1, 0.15) is 34.6 Å². The molecule has 0 unspecified atom stereocenters. The molecule has 1 heterocycles. The molecule has 2 aromatic carbocycles. The predicted molar refractivity (Wildman–Crippen MR) is 106 cm³/mol. The van der Waals surface area contributed by atoms with Gasteiger partial charge in [0.1, 0.15) is 5.75 Å². The number of anilines is 1. The van der Waals surface area contributed by atoms with Crippen molar-refractivity contribution in [2.45, 2.75) is 25.7 Å². The largest absolute Gasteiger partial charge is 0.495 e. The highest BCUT2D eigenvalue weighted by Crippen LogP contribution is 2.31. The van der Waals surface area contributed by atoms with Crippen LogP contribution in [0.4, 0.5) is 5.69 Å². The fourth-order valence-corrected chi connectivity index (χ4v) is 3.75. The van der Waals surface area contributed by atoms with Crippen molar-refractivity contribution in [3.8, 4) is 11.4 Å². The zero-order valence-corrected chi connectivity index (χ0v) is 15.8. The summed E-state index contributed by atoms with van der Waals surface area (Å²) >= 11 is 6.38. The summed E-state index contributed by atoms with van der Waals surface area (Å²) in [6, 6.07) is 14.9. The zero-order valence-electron chi connectivity index (χ0n) is 15.0. The fourth-order valence-electron chi connectivity index (χ4n) is 3.53. The molecule has 3 aromatic rings. The van der Waals surface area contributed by atoms with Gasteiger partial charge in [-0.15, -0.1) is 0 Å². The summed E-state index contributed by atoms with van der Waals surface area (Å²) in [5, 5.41) is 8.20. The van der Waals surface area contributed by atoms with E-state index in [1.807, 2.05) is 53.2 Å². The van der Waals surface area contributed by atoms with Crippen LogP contribution in [0.3, 0.4) is 0 Å². The molecule has 5 nitrogen and oxygen atoms in total. The second kappa shape index (κ2) is 7.45. The van der Waals surface area contributed by atoms with Gasteiger partial charge in [0.15, 0.2) is 5.69 Å². The Bertz CT molecular complexity index is 997. The minimum absolute atomic E-state index is 0.233. The molecule has 1 aliphatic rings. The predicted octanol–water partition coefficient (Wildman–Crippen LogP) is 4.67. The first-order valence-corrected chi connectivity index (χ1v) is 9.37. The molecule has 27 heavy (non-hydrogen) atoms. The second-order valence-corrected chi connectivity index (χ2v) is 6.91. The summed E-state index contributed by atoms with van der Waals surface area (Å²) in [6.07, 6.45) is 3.86. The second-order valence-electron chi connectivity index (χ2n) is 6.50. The van der Waals surface area contributed by atoms with Crippen molar-refractivity contribution in [2.24, 2.45) is 0 Å². The number of rotatable bonds is 4. The van der Waals surface area contributed by atoms with Crippen molar-refractivity contribution >= 4 is 23.2 Å². The lowest BCUT2D eigenvalue weighted by atomic mass is 9.95. The van der Waals surface area contributed by atoms with Crippen LogP contribution in [0.2, 0.25) is 5.02 Å². The number of para-hydroxylation sites is 3. The summed E-state index contributed by atoms with van der Waals surface area (Å²) in [5.74, 6) is 0.383. The van der Waals surface area contributed by atoms with E-state index >= 15 is 0 Å². The molecule has 1 amide bonds. The third-order valence-corrected chi connectivity index (χ3v) is 5.15. The number of carbonyl (C=O) groups is 1. The monoisotopic (exact) mass is 381 g/mol. The van der Waals surface area contributed by atoms with Gasteiger partial charge in [-0.1, -0.05) is 35.9 Å². The van der Waals surface area contributed by atoms with Gasteiger partial charge in [-0.25, -0.2) is 4.68 Å². The molecule has 0 spiro atoms. The third-order valence-electron chi connectivity index (χ3n) is 4.83. The van der Waals surface area contributed by atoms with Crippen LogP contribution < -0.4 is 10.1 Å². The van der Waals surface area contributed by atoms with E-state index in [9.17, 15) is 4.79 Å². The Morgan fingerprint density at radius 2 is 1.85 bits per heavy atom. The first-order valence-electron chi connectivity index (χ1n) is 8.99. The van der Waals surface area contributed by atoms with E-state index in [1.165, 1.54) is 0 Å². The minimum atomic E-state index is -0.233. The van der Waals surface area contributed by atoms with E-state index in [1.54, 1.807) is 7.11 Å². The van der Waals surface area contributed by atoms with E-state index in [4.69, 9.17) is 16.3 Å². The van der Waals surface area contributed by atoms with E-state index in [0.29, 0.717) is 22.2 Å². The number of nitrogens with zero attached hydrogens (tertiary/aromatic N) is 2. The minimum Gasteiger partial charge on any atom is -0.495 e. The number of aromatic nitrogens is 2. The van der Waals surface area contributed by atoms with E-state index in [0.717, 1.165) is 42.6 Å². The maximum absolute atomic E-state index is 13.0. The van der Waals surface area contributed by atoms with Crippen molar-refractivity contribution in [3.63, 3.8) is 0 Å². The maximum Gasteiger partial charge on any atom is 0.276 e. The van der Waals surface area contributed by atoms with E-state index in [-0.39, 0.29) is 5.91 Å². The lowest BCUT2D eigenvalue weighted by Gasteiger charge is -2.15. The number of fused-ring (bicyclic) bond motifs is 1. The van der Waals surface area contributed by atoms with Crippen molar-refractivity contribution in [1.82, 2.24) is 9.78 Å². The Morgan fingerprint density at radius 1 is 1.11 bits per heavy atom. The van der Waals surface area contributed by atoms with Gasteiger partial charge in [0.25, 0.3) is 5.91 Å². The summed E-state index contributed by atoms with van der Waals surface area (Å²) in [6.45, 7) is 0. The van der Waals surface area contributed by atoms with E-state index in [2.05, 4.69) is 10.4 Å². The van der Waals surface area contributed by atoms with Crippen molar-refractivity contribution in [3.05, 3.63) is 70.5 Å². The number of hydrogen-bond acceptors (Lipinski definition) is 3. The highest BCUT2D eigenvalue weighted by molar-refractivity contribution is 6.32. The zero-order chi connectivity index (χ0) is 18.8. The SMILES string of the molecule is COc1ccccc1NC(=O)c1nn(-c2ccccc2Cl)c2c1CCCC2. The first-order chi connectivity index (χ1) is 13.2. The average molecular weight is 382 g/mol. The van der Waals surface area contributed by atoms with Crippen LogP contribution in [0.25, 0.3) is 5.69 Å². The quantitative estimate of drug-likeness (QED) is 0.714. The van der Waals surface area contributed by atoms with Crippen molar-refractivity contribution in [1.29, 1.82) is 0 Å². The molecule has 6 heteroatoms. The number of nitrogens with one attached hydrogen (secondary N) is 1. The molecule has 0 fully saturated rings. The summed E-state index contributed by atoms with van der Waals surface area (Å²) < 4.78 is 7.15. The number of halogens is 1. The van der Waals surface area contributed by atoms with Crippen molar-refractivity contribution in [2.75, 3.05) is 12.4 Å². The smallest absolute Gasteiger partial charge is 0.276 e. The van der Waals surface area contributed by atoms with Crippen LogP contribution in [-0.4, -0.2) is 22.8 Å². The highest BCUT2D eigenvalue weighted by Gasteiger charge is 2.26. The lowest BCUT2D eigenvalue weighted by Crippen LogP contribution is -2.16. The molecule has 0 bridgehead atoms. The van der Waals surface area contributed by atoms with Gasteiger partial charge in [-0.3, -0.25) is 4.79 Å². The number of benzene rings is 2. The highest BCUT2D eigenvalue weighted by atomic mass is 35.5. The summed E-state index contributed by atoms with van der Waals surface area (Å²) in [7, 11) is 1.58. The maximum atomic E-state index is 13.0. The molecule has 0 saturated heterocycles. The van der Waals surface area contributed by atoms with Gasteiger partial charge in [0, 0.05) is 11.3 Å². The number of hydrogen-bond donors (Lipinski definition) is 1. The summed E-state index contributed by atoms with van der Waals surface area (Å²) in [4.78, 5) is 13.0. The van der Waals surface area contributed by atoms with E-state index < -0.39 is 0 Å². The number of amides is 1. The van der Waals surface area contributed by atoms with Crippen LogP contribution in [-0.2, 0) is 12.8 Å². The van der Waals surface area contributed by atoms with Crippen molar-refractivity contribution < 1.29 is 9.53 Å². The molecule has 4 rings (SSSR count). The molecular weight excluding hydrogens is 362 g/mol. The number of methoxy groups -OCH3 is 1. The molecule has 1 aromatic heterocycles. The first kappa shape index (κ1) is 17.6. The molecular formula is C21H20ClN3O2. The fraction of sp³-hybridized carbons (Fsp3) is 0.238. The van der Waals surface area contributed by atoms with Crippen LogP contribution >= 0.6 is 11.6 Å². The Kier molecular flexibility index (Phi) is 4.86. The van der Waals surface area contributed by atoms with Crippen LogP contribution in [0, 0.1) is 0 Å². The molecule has 138 valence electrons. The Hall–Kier alpha value is -2.79. The Balaban J connectivity index is 1.75. The Labute approximate surface area is 162 Å². The Morgan fingerprint density at radius 3 is 2.67 bits per heavy atom. The molecule has 1 N–H and O–H groups in total. The number of ether oxygens (including phenoxy) is 1. The van der Waals surface area contributed by atoms with Crippen LogP contribution in [0.15, 0.2) is 48.5 Å². The van der Waals surface area contributed by atoms with Gasteiger partial charge in [-0.05, 0) is 49.9 Å². The lowest BCUT2D eigenvalue weighted by molar-refractivity contribution is 0.102. The molecule has 0 saturated carbocycles.